The first-order valence-corrected chi connectivity index (χ1v) is 7.98. The van der Waals surface area contributed by atoms with Crippen LogP contribution in [0.3, 0.4) is 0 Å². The van der Waals surface area contributed by atoms with E-state index in [4.69, 9.17) is 22.0 Å². The molecule has 0 aliphatic carbocycles. The van der Waals surface area contributed by atoms with Gasteiger partial charge >= 0.3 is 5.97 Å². The largest absolute Gasteiger partial charge is 0.481 e. The average Bonchev–Trinajstić information content (AvgIpc) is 2.93. The number of hydrogen-bond acceptors (Lipinski definition) is 2. The van der Waals surface area contributed by atoms with Crippen molar-refractivity contribution in [2.24, 2.45) is 0 Å². The molecule has 0 aliphatic heterocycles. The number of benzene rings is 2. The molecular formula is C19H15ClN2O2. The summed E-state index contributed by atoms with van der Waals surface area (Å²) in [5.74, 6) is -0.798. The Labute approximate surface area is 144 Å². The third kappa shape index (κ3) is 3.27. The quantitative estimate of drug-likeness (QED) is 0.703. The number of halogens is 1. The summed E-state index contributed by atoms with van der Waals surface area (Å²) < 4.78 is 0. The molecule has 0 amide bonds. The number of fused-ring (bicyclic) bond motifs is 1. The normalized spacial score (nSPS) is 10.7. The van der Waals surface area contributed by atoms with E-state index in [0.29, 0.717) is 23.4 Å². The summed E-state index contributed by atoms with van der Waals surface area (Å²) in [6, 6.07) is 15.1. The second-order valence-electron chi connectivity index (χ2n) is 5.60. The lowest BCUT2D eigenvalue weighted by molar-refractivity contribution is -0.137. The van der Waals surface area contributed by atoms with Crippen molar-refractivity contribution in [1.82, 2.24) is 4.98 Å². The van der Waals surface area contributed by atoms with Crippen molar-refractivity contribution in [2.75, 3.05) is 0 Å². The zero-order chi connectivity index (χ0) is 17.1. The molecule has 3 rings (SSSR count). The predicted octanol–water partition coefficient (Wildman–Crippen LogP) is 4.77. The van der Waals surface area contributed by atoms with Gasteiger partial charge in [0, 0.05) is 28.0 Å². The fourth-order valence-electron chi connectivity index (χ4n) is 2.85. The van der Waals surface area contributed by atoms with E-state index in [0.717, 1.165) is 27.7 Å². The van der Waals surface area contributed by atoms with E-state index < -0.39 is 5.97 Å². The van der Waals surface area contributed by atoms with Gasteiger partial charge in [0.1, 0.15) is 0 Å². The van der Waals surface area contributed by atoms with Crippen molar-refractivity contribution in [3.05, 3.63) is 58.6 Å². The number of carboxylic acids is 1. The molecule has 0 bridgehead atoms. The fraction of sp³-hybridized carbons (Fsp3) is 0.158. The minimum Gasteiger partial charge on any atom is -0.481 e. The number of hydrogen-bond donors (Lipinski definition) is 2. The van der Waals surface area contributed by atoms with Gasteiger partial charge in [-0.05, 0) is 54.3 Å². The van der Waals surface area contributed by atoms with Gasteiger partial charge in [0.25, 0.3) is 0 Å². The van der Waals surface area contributed by atoms with E-state index >= 15 is 0 Å². The molecule has 0 radical (unpaired) electrons. The Morgan fingerprint density at radius 2 is 1.96 bits per heavy atom. The van der Waals surface area contributed by atoms with E-state index in [1.807, 2.05) is 30.3 Å². The zero-order valence-corrected chi connectivity index (χ0v) is 13.6. The van der Waals surface area contributed by atoms with Crippen LogP contribution >= 0.6 is 11.6 Å². The molecule has 1 heterocycles. The van der Waals surface area contributed by atoms with Crippen molar-refractivity contribution in [3.8, 4) is 17.3 Å². The molecule has 0 aliphatic rings. The van der Waals surface area contributed by atoms with Crippen LogP contribution in [0.4, 0.5) is 0 Å². The van der Waals surface area contributed by atoms with Gasteiger partial charge in [-0.25, -0.2) is 0 Å². The summed E-state index contributed by atoms with van der Waals surface area (Å²) in [5, 5.41) is 19.5. The first-order chi connectivity index (χ1) is 11.6. The van der Waals surface area contributed by atoms with Crippen LogP contribution in [0.15, 0.2) is 42.5 Å². The molecule has 0 unspecified atom stereocenters. The van der Waals surface area contributed by atoms with Crippen LogP contribution in [0.1, 0.15) is 24.0 Å². The number of carboxylic acid groups (broad SMARTS) is 1. The monoisotopic (exact) mass is 338 g/mol. The third-order valence-electron chi connectivity index (χ3n) is 3.99. The molecule has 0 spiro atoms. The van der Waals surface area contributed by atoms with Gasteiger partial charge in [0.2, 0.25) is 0 Å². The van der Waals surface area contributed by atoms with Crippen LogP contribution in [0.5, 0.6) is 0 Å². The molecule has 0 atom stereocenters. The number of aliphatic carboxylic acids is 1. The van der Waals surface area contributed by atoms with E-state index in [9.17, 15) is 4.79 Å². The van der Waals surface area contributed by atoms with Crippen LogP contribution in [0.2, 0.25) is 5.02 Å². The molecule has 24 heavy (non-hydrogen) atoms. The van der Waals surface area contributed by atoms with Gasteiger partial charge in [-0.1, -0.05) is 23.7 Å². The van der Waals surface area contributed by atoms with Crippen molar-refractivity contribution in [1.29, 1.82) is 5.26 Å². The highest BCUT2D eigenvalue weighted by molar-refractivity contribution is 6.31. The molecule has 2 N–H and O–H groups in total. The third-order valence-corrected chi connectivity index (χ3v) is 4.22. The molecule has 2 aromatic carbocycles. The van der Waals surface area contributed by atoms with E-state index in [2.05, 4.69) is 11.1 Å². The molecule has 5 heteroatoms. The van der Waals surface area contributed by atoms with Crippen LogP contribution in [-0.4, -0.2) is 16.1 Å². The lowest BCUT2D eigenvalue weighted by atomic mass is 10.00. The minimum absolute atomic E-state index is 0.125. The average molecular weight is 339 g/mol. The van der Waals surface area contributed by atoms with E-state index in [1.165, 1.54) is 0 Å². The first-order valence-electron chi connectivity index (χ1n) is 7.61. The van der Waals surface area contributed by atoms with Gasteiger partial charge < -0.3 is 10.1 Å². The Bertz CT molecular complexity index is 936. The first kappa shape index (κ1) is 16.1. The van der Waals surface area contributed by atoms with Gasteiger partial charge in [0.15, 0.2) is 0 Å². The van der Waals surface area contributed by atoms with E-state index in [-0.39, 0.29) is 6.42 Å². The van der Waals surface area contributed by atoms with Crippen LogP contribution in [0.25, 0.3) is 22.2 Å². The molecule has 1 aromatic heterocycles. The maximum Gasteiger partial charge on any atom is 0.303 e. The molecule has 0 saturated heterocycles. The Morgan fingerprint density at radius 3 is 2.62 bits per heavy atom. The van der Waals surface area contributed by atoms with Crippen molar-refractivity contribution >= 4 is 28.5 Å². The van der Waals surface area contributed by atoms with Crippen LogP contribution in [-0.2, 0) is 11.2 Å². The number of nitrogens with one attached hydrogen (secondary N) is 1. The molecule has 0 fully saturated rings. The molecule has 0 saturated carbocycles. The SMILES string of the molecule is N#Cc1ccc(-c2[nH]c3ccc(Cl)cc3c2CCCC(=O)O)cc1. The summed E-state index contributed by atoms with van der Waals surface area (Å²) in [7, 11) is 0. The Kier molecular flexibility index (Phi) is 4.54. The van der Waals surface area contributed by atoms with Crippen LogP contribution < -0.4 is 0 Å². The molecule has 4 nitrogen and oxygen atoms in total. The van der Waals surface area contributed by atoms with E-state index in [1.54, 1.807) is 12.1 Å². The highest BCUT2D eigenvalue weighted by Crippen LogP contribution is 2.33. The number of aryl methyl sites for hydroxylation is 1. The Balaban J connectivity index is 2.07. The van der Waals surface area contributed by atoms with Crippen molar-refractivity contribution in [3.63, 3.8) is 0 Å². The summed E-state index contributed by atoms with van der Waals surface area (Å²) in [5.41, 5.74) is 4.53. The Morgan fingerprint density at radius 1 is 1.21 bits per heavy atom. The summed E-state index contributed by atoms with van der Waals surface area (Å²) in [6.07, 6.45) is 1.32. The maximum absolute atomic E-state index is 10.8. The second-order valence-corrected chi connectivity index (χ2v) is 6.04. The lowest BCUT2D eigenvalue weighted by Crippen LogP contribution is -1.96. The number of H-pyrrole nitrogens is 1. The van der Waals surface area contributed by atoms with Crippen LogP contribution in [0, 0.1) is 11.3 Å². The Hall–Kier alpha value is -2.77. The summed E-state index contributed by atoms with van der Waals surface area (Å²) in [4.78, 5) is 14.2. The van der Waals surface area contributed by atoms with Gasteiger partial charge in [-0.15, -0.1) is 0 Å². The topological polar surface area (TPSA) is 76.9 Å². The number of nitrogens with zero attached hydrogens (tertiary/aromatic N) is 1. The van der Waals surface area contributed by atoms with Gasteiger partial charge in [-0.3, -0.25) is 4.79 Å². The lowest BCUT2D eigenvalue weighted by Gasteiger charge is -2.05. The highest BCUT2D eigenvalue weighted by Gasteiger charge is 2.14. The number of aromatic nitrogens is 1. The summed E-state index contributed by atoms with van der Waals surface area (Å²) in [6.45, 7) is 0. The van der Waals surface area contributed by atoms with Gasteiger partial charge in [0.05, 0.1) is 11.6 Å². The number of rotatable bonds is 5. The van der Waals surface area contributed by atoms with Crippen molar-refractivity contribution < 1.29 is 9.90 Å². The predicted molar refractivity (Wildman–Crippen MR) is 94.0 cm³/mol. The minimum atomic E-state index is -0.798. The number of aromatic amines is 1. The number of nitriles is 1. The smallest absolute Gasteiger partial charge is 0.303 e. The zero-order valence-electron chi connectivity index (χ0n) is 12.8. The highest BCUT2D eigenvalue weighted by atomic mass is 35.5. The standard InChI is InChI=1S/C19H15ClN2O2/c20-14-8-9-17-16(10-14)15(2-1-3-18(23)24)19(22-17)13-6-4-12(11-21)5-7-13/h4-10,22H,1-3H2,(H,23,24). The van der Waals surface area contributed by atoms with Crippen molar-refractivity contribution in [2.45, 2.75) is 19.3 Å². The number of carbonyl (C=O) groups is 1. The fourth-order valence-corrected chi connectivity index (χ4v) is 3.03. The maximum atomic E-state index is 10.8. The molecular weight excluding hydrogens is 324 g/mol. The van der Waals surface area contributed by atoms with Gasteiger partial charge in [-0.2, -0.15) is 5.26 Å². The second kappa shape index (κ2) is 6.77. The molecule has 3 aromatic rings. The summed E-state index contributed by atoms with van der Waals surface area (Å²) >= 11 is 6.13. The molecule has 120 valence electrons.